The second-order valence-corrected chi connectivity index (χ2v) is 4.97. The number of ether oxygens (including phenoxy) is 1. The molecule has 0 bridgehead atoms. The number of methoxy groups -OCH3 is 1. The minimum atomic E-state index is 0.216. The summed E-state index contributed by atoms with van der Waals surface area (Å²) in [6.45, 7) is 5.87. The summed E-state index contributed by atoms with van der Waals surface area (Å²) < 4.78 is 4.99. The van der Waals surface area contributed by atoms with E-state index in [9.17, 15) is 0 Å². The first kappa shape index (κ1) is 15.9. The van der Waals surface area contributed by atoms with Crippen molar-refractivity contribution in [3.63, 3.8) is 0 Å². The topological polar surface area (TPSA) is 33.3 Å². The Labute approximate surface area is 121 Å². The Morgan fingerprint density at radius 3 is 2.58 bits per heavy atom. The highest BCUT2D eigenvalue weighted by Crippen LogP contribution is 2.13. The van der Waals surface area contributed by atoms with E-state index in [1.807, 2.05) is 0 Å². The van der Waals surface area contributed by atoms with Gasteiger partial charge in [-0.1, -0.05) is 31.2 Å². The van der Waals surface area contributed by atoms with Gasteiger partial charge in [0.05, 0.1) is 6.04 Å². The van der Waals surface area contributed by atoms with Crippen molar-refractivity contribution in [1.29, 1.82) is 0 Å². The van der Waals surface area contributed by atoms with Crippen LogP contribution in [0.3, 0.4) is 0 Å². The molecule has 0 radical (unpaired) electrons. The maximum absolute atomic E-state index is 5.27. The molecule has 0 heterocycles. The predicted octanol–water partition coefficient (Wildman–Crippen LogP) is 2.81. The average Bonchev–Trinajstić information content (AvgIpc) is 2.43. The summed E-state index contributed by atoms with van der Waals surface area (Å²) in [6.07, 6.45) is 2.03. The van der Waals surface area contributed by atoms with E-state index < -0.39 is 0 Å². The van der Waals surface area contributed by atoms with E-state index in [1.165, 1.54) is 11.1 Å². The zero-order valence-electron chi connectivity index (χ0n) is 12.0. The maximum atomic E-state index is 5.27. The van der Waals surface area contributed by atoms with Gasteiger partial charge in [0.15, 0.2) is 5.11 Å². The van der Waals surface area contributed by atoms with Crippen LogP contribution in [0.1, 0.15) is 37.4 Å². The third kappa shape index (κ3) is 6.03. The molecule has 0 saturated heterocycles. The summed E-state index contributed by atoms with van der Waals surface area (Å²) >= 11 is 5.27. The molecule has 0 aliphatic heterocycles. The molecule has 19 heavy (non-hydrogen) atoms. The van der Waals surface area contributed by atoms with E-state index in [0.717, 1.165) is 26.0 Å². The number of benzene rings is 1. The normalized spacial score (nSPS) is 11.9. The van der Waals surface area contributed by atoms with Crippen molar-refractivity contribution in [2.45, 2.75) is 32.7 Å². The van der Waals surface area contributed by atoms with E-state index in [-0.39, 0.29) is 6.04 Å². The quantitative estimate of drug-likeness (QED) is 0.594. The van der Waals surface area contributed by atoms with Gasteiger partial charge in [-0.05, 0) is 43.1 Å². The fourth-order valence-corrected chi connectivity index (χ4v) is 2.07. The van der Waals surface area contributed by atoms with Crippen LogP contribution in [-0.4, -0.2) is 25.4 Å². The van der Waals surface area contributed by atoms with E-state index in [4.69, 9.17) is 17.0 Å². The number of hydrogen-bond acceptors (Lipinski definition) is 2. The average molecular weight is 280 g/mol. The van der Waals surface area contributed by atoms with Crippen molar-refractivity contribution in [3.05, 3.63) is 35.4 Å². The minimum absolute atomic E-state index is 0.216. The van der Waals surface area contributed by atoms with Crippen LogP contribution in [0.15, 0.2) is 24.3 Å². The summed E-state index contributed by atoms with van der Waals surface area (Å²) in [5.74, 6) is 0. The molecular formula is C15H24N2OS. The van der Waals surface area contributed by atoms with Crippen LogP contribution in [0.2, 0.25) is 0 Å². The van der Waals surface area contributed by atoms with Crippen molar-refractivity contribution in [2.75, 3.05) is 20.3 Å². The van der Waals surface area contributed by atoms with E-state index in [2.05, 4.69) is 48.7 Å². The largest absolute Gasteiger partial charge is 0.385 e. The smallest absolute Gasteiger partial charge is 0.166 e. The zero-order chi connectivity index (χ0) is 14.1. The van der Waals surface area contributed by atoms with Crippen LogP contribution in [0.4, 0.5) is 0 Å². The molecule has 0 saturated carbocycles. The van der Waals surface area contributed by atoms with Crippen LogP contribution in [0.25, 0.3) is 0 Å². The van der Waals surface area contributed by atoms with Crippen LogP contribution in [-0.2, 0) is 11.2 Å². The molecule has 1 aromatic carbocycles. The van der Waals surface area contributed by atoms with Gasteiger partial charge >= 0.3 is 0 Å². The molecule has 4 heteroatoms. The Balaban J connectivity index is 2.36. The summed E-state index contributed by atoms with van der Waals surface area (Å²) in [7, 11) is 1.71. The lowest BCUT2D eigenvalue weighted by molar-refractivity contribution is 0.195. The molecule has 1 unspecified atom stereocenters. The van der Waals surface area contributed by atoms with E-state index in [1.54, 1.807) is 7.11 Å². The molecule has 0 spiro atoms. The molecular weight excluding hydrogens is 256 g/mol. The fourth-order valence-electron chi connectivity index (χ4n) is 1.79. The molecule has 0 aromatic heterocycles. The van der Waals surface area contributed by atoms with Crippen molar-refractivity contribution < 1.29 is 4.74 Å². The fraction of sp³-hybridized carbons (Fsp3) is 0.533. The zero-order valence-corrected chi connectivity index (χ0v) is 12.8. The second kappa shape index (κ2) is 8.88. The van der Waals surface area contributed by atoms with Gasteiger partial charge in [0.1, 0.15) is 0 Å². The molecule has 0 aliphatic carbocycles. The van der Waals surface area contributed by atoms with Crippen molar-refractivity contribution >= 4 is 17.3 Å². The van der Waals surface area contributed by atoms with Gasteiger partial charge in [0.25, 0.3) is 0 Å². The van der Waals surface area contributed by atoms with Crippen LogP contribution >= 0.6 is 12.2 Å². The highest BCUT2D eigenvalue weighted by atomic mass is 32.1. The molecule has 3 nitrogen and oxygen atoms in total. The third-order valence-electron chi connectivity index (χ3n) is 3.05. The van der Waals surface area contributed by atoms with Gasteiger partial charge in [-0.3, -0.25) is 0 Å². The first-order valence-corrected chi connectivity index (χ1v) is 7.20. The Morgan fingerprint density at radius 1 is 1.32 bits per heavy atom. The molecule has 1 rings (SSSR count). The lowest BCUT2D eigenvalue weighted by atomic mass is 10.1. The molecule has 0 fully saturated rings. The second-order valence-electron chi connectivity index (χ2n) is 4.56. The number of hydrogen-bond donors (Lipinski definition) is 2. The van der Waals surface area contributed by atoms with Gasteiger partial charge in [0.2, 0.25) is 0 Å². The SMILES string of the molecule is CCc1ccc(C(C)NC(=S)NCCCOC)cc1. The highest BCUT2D eigenvalue weighted by molar-refractivity contribution is 7.80. The van der Waals surface area contributed by atoms with Gasteiger partial charge in [-0.25, -0.2) is 0 Å². The van der Waals surface area contributed by atoms with Gasteiger partial charge < -0.3 is 15.4 Å². The number of nitrogens with one attached hydrogen (secondary N) is 2. The summed E-state index contributed by atoms with van der Waals surface area (Å²) in [5.41, 5.74) is 2.61. The Hall–Kier alpha value is -1.13. The molecule has 106 valence electrons. The summed E-state index contributed by atoms with van der Waals surface area (Å²) in [5, 5.41) is 7.17. The predicted molar refractivity (Wildman–Crippen MR) is 84.5 cm³/mol. The van der Waals surface area contributed by atoms with Crippen LogP contribution < -0.4 is 10.6 Å². The first-order chi connectivity index (χ1) is 9.17. The van der Waals surface area contributed by atoms with Crippen molar-refractivity contribution in [1.82, 2.24) is 10.6 Å². The standard InChI is InChI=1S/C15H24N2OS/c1-4-13-6-8-14(9-7-13)12(2)17-15(19)16-10-5-11-18-3/h6-9,12H,4-5,10-11H2,1-3H3,(H2,16,17,19). The van der Waals surface area contributed by atoms with Gasteiger partial charge in [-0.15, -0.1) is 0 Å². The first-order valence-electron chi connectivity index (χ1n) is 6.79. The Kier molecular flexibility index (Phi) is 7.45. The number of thiocarbonyl (C=S) groups is 1. The Bertz CT molecular complexity index is 378. The molecule has 0 amide bonds. The molecule has 1 aromatic rings. The van der Waals surface area contributed by atoms with Crippen molar-refractivity contribution in [3.8, 4) is 0 Å². The number of rotatable bonds is 7. The minimum Gasteiger partial charge on any atom is -0.385 e. The van der Waals surface area contributed by atoms with Crippen LogP contribution in [0.5, 0.6) is 0 Å². The summed E-state index contributed by atoms with van der Waals surface area (Å²) in [6, 6.07) is 8.87. The lowest BCUT2D eigenvalue weighted by Crippen LogP contribution is -2.37. The molecule has 2 N–H and O–H groups in total. The number of aryl methyl sites for hydroxylation is 1. The van der Waals surface area contributed by atoms with E-state index >= 15 is 0 Å². The summed E-state index contributed by atoms with van der Waals surface area (Å²) in [4.78, 5) is 0. The van der Waals surface area contributed by atoms with Crippen LogP contribution in [0, 0.1) is 0 Å². The Morgan fingerprint density at radius 2 is 2.00 bits per heavy atom. The van der Waals surface area contributed by atoms with Gasteiger partial charge in [-0.2, -0.15) is 0 Å². The maximum Gasteiger partial charge on any atom is 0.166 e. The highest BCUT2D eigenvalue weighted by Gasteiger charge is 2.06. The van der Waals surface area contributed by atoms with Crippen molar-refractivity contribution in [2.24, 2.45) is 0 Å². The third-order valence-corrected chi connectivity index (χ3v) is 3.31. The van der Waals surface area contributed by atoms with Gasteiger partial charge in [0, 0.05) is 20.3 Å². The molecule has 1 atom stereocenters. The molecule has 0 aliphatic rings. The lowest BCUT2D eigenvalue weighted by Gasteiger charge is -2.17. The monoisotopic (exact) mass is 280 g/mol. The van der Waals surface area contributed by atoms with E-state index in [0.29, 0.717) is 5.11 Å².